The number of ether oxygens (including phenoxy) is 1. The van der Waals surface area contributed by atoms with Crippen molar-refractivity contribution in [2.45, 2.75) is 25.9 Å². The van der Waals surface area contributed by atoms with Gasteiger partial charge < -0.3 is 20.3 Å². The van der Waals surface area contributed by atoms with Crippen LogP contribution in [0.25, 0.3) is 16.7 Å². The normalized spacial score (nSPS) is 18.6. The number of fused-ring (bicyclic) bond motifs is 1. The summed E-state index contributed by atoms with van der Waals surface area (Å²) in [7, 11) is 0. The second kappa shape index (κ2) is 9.29. The quantitative estimate of drug-likeness (QED) is 0.609. The summed E-state index contributed by atoms with van der Waals surface area (Å²) in [6, 6.07) is 10.3. The van der Waals surface area contributed by atoms with Gasteiger partial charge in [-0.3, -0.25) is 14.2 Å². The highest BCUT2D eigenvalue weighted by Crippen LogP contribution is 2.21. The van der Waals surface area contributed by atoms with Gasteiger partial charge in [-0.05, 0) is 50.1 Å². The standard InChI is InChI=1S/C24H28N6O3/c1-16-20-8-9-21(31)30(22(20)28-24(27-16)29-12-10-25-11-13-29)18-6-4-17(5-7-18)23(32)26-15-19-3-2-14-33-19/h4-9,19,25H,2-3,10-15H2,1H3,(H,26,32). The lowest BCUT2D eigenvalue weighted by atomic mass is 10.1. The first kappa shape index (κ1) is 21.5. The Morgan fingerprint density at radius 2 is 1.94 bits per heavy atom. The maximum Gasteiger partial charge on any atom is 0.256 e. The number of pyridine rings is 1. The molecule has 1 atom stereocenters. The Labute approximate surface area is 191 Å². The number of benzene rings is 1. The molecule has 2 aliphatic rings. The van der Waals surface area contributed by atoms with Gasteiger partial charge in [0.15, 0.2) is 5.65 Å². The smallest absolute Gasteiger partial charge is 0.256 e. The molecular formula is C24H28N6O3. The molecule has 2 fully saturated rings. The first-order valence-electron chi connectivity index (χ1n) is 11.5. The molecule has 33 heavy (non-hydrogen) atoms. The zero-order valence-electron chi connectivity index (χ0n) is 18.7. The second-order valence-electron chi connectivity index (χ2n) is 8.48. The van der Waals surface area contributed by atoms with E-state index in [0.717, 1.165) is 56.7 Å². The van der Waals surface area contributed by atoms with E-state index in [1.54, 1.807) is 34.9 Å². The highest BCUT2D eigenvalue weighted by molar-refractivity contribution is 5.94. The van der Waals surface area contributed by atoms with Crippen LogP contribution < -0.4 is 21.1 Å². The van der Waals surface area contributed by atoms with Gasteiger partial charge in [-0.1, -0.05) is 0 Å². The minimum Gasteiger partial charge on any atom is -0.376 e. The van der Waals surface area contributed by atoms with E-state index in [9.17, 15) is 9.59 Å². The van der Waals surface area contributed by atoms with Crippen LogP contribution in [-0.4, -0.2) is 65.9 Å². The van der Waals surface area contributed by atoms with Crippen LogP contribution >= 0.6 is 0 Å². The number of piperazine rings is 1. The third-order valence-corrected chi connectivity index (χ3v) is 6.23. The zero-order chi connectivity index (χ0) is 22.8. The van der Waals surface area contributed by atoms with Crippen LogP contribution in [-0.2, 0) is 4.74 Å². The number of nitrogens with zero attached hydrogens (tertiary/aromatic N) is 4. The van der Waals surface area contributed by atoms with Crippen molar-refractivity contribution >= 4 is 22.9 Å². The highest BCUT2D eigenvalue weighted by Gasteiger charge is 2.19. The van der Waals surface area contributed by atoms with Crippen molar-refractivity contribution in [3.8, 4) is 5.69 Å². The molecule has 9 heteroatoms. The molecule has 3 aromatic rings. The van der Waals surface area contributed by atoms with Crippen molar-refractivity contribution in [3.63, 3.8) is 0 Å². The highest BCUT2D eigenvalue weighted by atomic mass is 16.5. The van der Waals surface area contributed by atoms with E-state index in [1.165, 1.54) is 6.07 Å². The van der Waals surface area contributed by atoms with Gasteiger partial charge in [0, 0.05) is 56.3 Å². The molecule has 0 aliphatic carbocycles. The Morgan fingerprint density at radius 3 is 2.67 bits per heavy atom. The minimum atomic E-state index is -0.178. The lowest BCUT2D eigenvalue weighted by Crippen LogP contribution is -2.44. The number of hydrogen-bond donors (Lipinski definition) is 2. The van der Waals surface area contributed by atoms with Crippen molar-refractivity contribution in [2.75, 3.05) is 44.2 Å². The van der Waals surface area contributed by atoms with Crippen LogP contribution in [0.3, 0.4) is 0 Å². The molecule has 9 nitrogen and oxygen atoms in total. The first-order valence-corrected chi connectivity index (χ1v) is 11.5. The number of amides is 1. The summed E-state index contributed by atoms with van der Waals surface area (Å²) in [5.41, 5.74) is 2.41. The lowest BCUT2D eigenvalue weighted by molar-refractivity contribution is 0.0858. The Hall–Kier alpha value is -3.30. The SMILES string of the molecule is Cc1nc(N2CCNCC2)nc2c1ccc(=O)n2-c1ccc(C(=O)NCC2CCCO2)cc1. The Balaban J connectivity index is 1.45. The van der Waals surface area contributed by atoms with E-state index in [0.29, 0.717) is 29.4 Å². The summed E-state index contributed by atoms with van der Waals surface area (Å²) in [4.78, 5) is 37.0. The molecule has 0 radical (unpaired) electrons. The number of hydrogen-bond acceptors (Lipinski definition) is 7. The summed E-state index contributed by atoms with van der Waals surface area (Å²) < 4.78 is 7.15. The van der Waals surface area contributed by atoms with Crippen molar-refractivity contribution in [3.05, 3.63) is 58.0 Å². The maximum absolute atomic E-state index is 12.9. The second-order valence-corrected chi connectivity index (χ2v) is 8.48. The predicted molar refractivity (Wildman–Crippen MR) is 126 cm³/mol. The molecule has 2 aliphatic heterocycles. The summed E-state index contributed by atoms with van der Waals surface area (Å²) in [6.45, 7) is 6.58. The third kappa shape index (κ3) is 4.46. The molecular weight excluding hydrogens is 420 g/mol. The van der Waals surface area contributed by atoms with Crippen LogP contribution in [0.15, 0.2) is 41.2 Å². The van der Waals surface area contributed by atoms with Gasteiger partial charge in [0.05, 0.1) is 17.5 Å². The van der Waals surface area contributed by atoms with Crippen LogP contribution in [0.2, 0.25) is 0 Å². The summed E-state index contributed by atoms with van der Waals surface area (Å²) >= 11 is 0. The Kier molecular flexibility index (Phi) is 6.06. The molecule has 2 aromatic heterocycles. The van der Waals surface area contributed by atoms with E-state index < -0.39 is 0 Å². The monoisotopic (exact) mass is 448 g/mol. The zero-order valence-corrected chi connectivity index (χ0v) is 18.7. The van der Waals surface area contributed by atoms with Gasteiger partial charge in [-0.2, -0.15) is 4.98 Å². The van der Waals surface area contributed by atoms with Crippen molar-refractivity contribution in [2.24, 2.45) is 0 Å². The van der Waals surface area contributed by atoms with Gasteiger partial charge in [0.25, 0.3) is 11.5 Å². The molecule has 5 rings (SSSR count). The average Bonchev–Trinajstić information content (AvgIpc) is 3.37. The van der Waals surface area contributed by atoms with Gasteiger partial charge in [0.1, 0.15) is 0 Å². The molecule has 0 saturated carbocycles. The molecule has 4 heterocycles. The fourth-order valence-electron chi connectivity index (χ4n) is 4.38. The van der Waals surface area contributed by atoms with Crippen LogP contribution in [0.5, 0.6) is 0 Å². The van der Waals surface area contributed by atoms with Gasteiger partial charge in [-0.25, -0.2) is 4.98 Å². The molecule has 2 saturated heterocycles. The van der Waals surface area contributed by atoms with E-state index in [1.807, 2.05) is 6.92 Å². The van der Waals surface area contributed by atoms with Crippen LogP contribution in [0, 0.1) is 6.92 Å². The first-order chi connectivity index (χ1) is 16.1. The minimum absolute atomic E-state index is 0.0929. The molecule has 1 aromatic carbocycles. The van der Waals surface area contributed by atoms with Gasteiger partial charge in [-0.15, -0.1) is 0 Å². The number of carbonyl (C=O) groups excluding carboxylic acids is 1. The van der Waals surface area contributed by atoms with E-state index in [-0.39, 0.29) is 17.6 Å². The number of anilines is 1. The van der Waals surface area contributed by atoms with Crippen molar-refractivity contribution in [1.29, 1.82) is 0 Å². The van der Waals surface area contributed by atoms with Crippen molar-refractivity contribution in [1.82, 2.24) is 25.2 Å². The third-order valence-electron chi connectivity index (χ3n) is 6.23. The number of aromatic nitrogens is 3. The number of aryl methyl sites for hydroxylation is 1. The maximum atomic E-state index is 12.9. The largest absolute Gasteiger partial charge is 0.376 e. The molecule has 2 N–H and O–H groups in total. The Morgan fingerprint density at radius 1 is 1.15 bits per heavy atom. The topological polar surface area (TPSA) is 101 Å². The number of carbonyl (C=O) groups is 1. The molecule has 1 amide bonds. The van der Waals surface area contributed by atoms with Gasteiger partial charge >= 0.3 is 0 Å². The van der Waals surface area contributed by atoms with Crippen LogP contribution in [0.4, 0.5) is 5.95 Å². The summed E-state index contributed by atoms with van der Waals surface area (Å²) in [5.74, 6) is 0.479. The van der Waals surface area contributed by atoms with Gasteiger partial charge in [0.2, 0.25) is 5.95 Å². The fourth-order valence-corrected chi connectivity index (χ4v) is 4.38. The van der Waals surface area contributed by atoms with Crippen molar-refractivity contribution < 1.29 is 9.53 Å². The van der Waals surface area contributed by atoms with E-state index >= 15 is 0 Å². The van der Waals surface area contributed by atoms with E-state index in [2.05, 4.69) is 20.5 Å². The molecule has 1 unspecified atom stereocenters. The predicted octanol–water partition coefficient (Wildman–Crippen LogP) is 1.41. The average molecular weight is 449 g/mol. The fraction of sp³-hybridized carbons (Fsp3) is 0.417. The lowest BCUT2D eigenvalue weighted by Gasteiger charge is -2.28. The Bertz CT molecular complexity index is 1210. The molecule has 172 valence electrons. The van der Waals surface area contributed by atoms with E-state index in [4.69, 9.17) is 9.72 Å². The number of nitrogens with one attached hydrogen (secondary N) is 2. The number of rotatable bonds is 5. The van der Waals surface area contributed by atoms with Crippen LogP contribution in [0.1, 0.15) is 28.9 Å². The molecule has 0 bridgehead atoms. The molecule has 0 spiro atoms. The summed E-state index contributed by atoms with van der Waals surface area (Å²) in [6.07, 6.45) is 2.10. The summed E-state index contributed by atoms with van der Waals surface area (Å²) in [5, 5.41) is 7.08.